The van der Waals surface area contributed by atoms with E-state index in [0.717, 1.165) is 11.6 Å². The summed E-state index contributed by atoms with van der Waals surface area (Å²) in [7, 11) is -3.41. The Balaban J connectivity index is 1.41. The summed E-state index contributed by atoms with van der Waals surface area (Å²) in [5, 5.41) is 4.89. The zero-order valence-corrected chi connectivity index (χ0v) is 33.4. The highest BCUT2D eigenvalue weighted by Gasteiger charge is 2.36. The van der Waals surface area contributed by atoms with Crippen LogP contribution in [0.25, 0.3) is 0 Å². The van der Waals surface area contributed by atoms with Crippen molar-refractivity contribution in [2.45, 2.75) is 44.9 Å². The molecule has 2 atom stereocenters. The SMILES string of the molecule is CCOP(=O)(C/C=C/[C@@H](CCc1ccccc1)NC(=O)CN1C(=O)[C@@H](COC(=O)Nc2ccc(Cl)cc2C(F)(F)F)N=C(c2ccccc2)c2ccccc21)OCC. The maximum Gasteiger partial charge on any atom is 0.418 e. The molecule has 0 aromatic heterocycles. The van der Waals surface area contributed by atoms with Crippen molar-refractivity contribution >= 4 is 54.2 Å². The molecule has 0 saturated heterocycles. The lowest BCUT2D eigenvalue weighted by Gasteiger charge is -2.26. The fraction of sp³-hybridized carbons (Fsp3) is 0.286. The number of carbonyl (C=O) groups is 3. The standard InChI is InChI=1S/C42H43ClF3N4O7P/c1-3-56-58(54,57-4-2)25-13-18-32(23-21-29-14-7-5-8-15-29)47-38(51)27-50-37-20-12-11-19-33(37)39(30-16-9-6-10-17-30)48-36(40(50)52)28-55-41(53)49-35-24-22-31(43)26-34(35)42(44,45)46/h5-20,22,24,26,32,36H,3-4,21,23,25,27-28H2,1-2H3,(H,47,51)(H,49,53)/b18-13+/t32-,36+/m0/s1. The summed E-state index contributed by atoms with van der Waals surface area (Å²) in [5.41, 5.74) is 1.12. The number of hydrogen-bond donors (Lipinski definition) is 2. The van der Waals surface area contributed by atoms with E-state index < -0.39 is 68.2 Å². The van der Waals surface area contributed by atoms with E-state index in [1.54, 1.807) is 80.6 Å². The van der Waals surface area contributed by atoms with Gasteiger partial charge < -0.3 is 24.0 Å². The number of carbonyl (C=O) groups excluding carboxylic acids is 3. The van der Waals surface area contributed by atoms with Gasteiger partial charge in [-0.1, -0.05) is 103 Å². The largest absolute Gasteiger partial charge is 0.446 e. The number of nitrogens with one attached hydrogen (secondary N) is 2. The number of benzodiazepines with no additional fused rings is 1. The van der Waals surface area contributed by atoms with Gasteiger partial charge in [0.25, 0.3) is 5.91 Å². The summed E-state index contributed by atoms with van der Waals surface area (Å²) >= 11 is 5.78. The van der Waals surface area contributed by atoms with Crippen LogP contribution in [-0.4, -0.2) is 68.2 Å². The normalized spacial score (nSPS) is 15.0. The van der Waals surface area contributed by atoms with Gasteiger partial charge in [-0.15, -0.1) is 0 Å². The van der Waals surface area contributed by atoms with Crippen molar-refractivity contribution in [3.63, 3.8) is 0 Å². The number of aliphatic imine (C=N–C) groups is 1. The fourth-order valence-corrected chi connectivity index (χ4v) is 7.84. The highest BCUT2D eigenvalue weighted by Crippen LogP contribution is 2.48. The molecule has 0 unspecified atom stereocenters. The average molecular weight is 839 g/mol. The predicted octanol–water partition coefficient (Wildman–Crippen LogP) is 9.10. The van der Waals surface area contributed by atoms with Crippen LogP contribution in [-0.2, 0) is 40.5 Å². The topological polar surface area (TPSA) is 136 Å². The maximum absolute atomic E-state index is 14.4. The second-order valence-corrected chi connectivity index (χ2v) is 15.5. The molecule has 0 aliphatic carbocycles. The molecule has 1 heterocycles. The van der Waals surface area contributed by atoms with E-state index >= 15 is 0 Å². The zero-order valence-electron chi connectivity index (χ0n) is 31.8. The van der Waals surface area contributed by atoms with E-state index in [4.69, 9.17) is 30.4 Å². The van der Waals surface area contributed by atoms with Gasteiger partial charge in [-0.3, -0.25) is 24.5 Å². The highest BCUT2D eigenvalue weighted by atomic mass is 35.5. The van der Waals surface area contributed by atoms with Crippen LogP contribution in [0.4, 0.5) is 29.3 Å². The number of halogens is 4. The second kappa shape index (κ2) is 20.4. The number of ether oxygens (including phenoxy) is 1. The van der Waals surface area contributed by atoms with Crippen LogP contribution in [0, 0.1) is 0 Å². The number of rotatable bonds is 17. The van der Waals surface area contributed by atoms with E-state index in [0.29, 0.717) is 41.4 Å². The number of fused-ring (bicyclic) bond motifs is 1. The third-order valence-corrected chi connectivity index (χ3v) is 11.0. The van der Waals surface area contributed by atoms with Gasteiger partial charge in [0, 0.05) is 22.2 Å². The molecule has 0 bridgehead atoms. The Morgan fingerprint density at radius 2 is 1.60 bits per heavy atom. The minimum atomic E-state index is -4.84. The molecule has 0 saturated carbocycles. The Hall–Kier alpha value is -5.27. The average Bonchev–Trinajstić information content (AvgIpc) is 3.31. The quantitative estimate of drug-likeness (QED) is 0.0800. The Labute approximate surface area is 339 Å². The highest BCUT2D eigenvalue weighted by molar-refractivity contribution is 7.54. The Kier molecular flexibility index (Phi) is 15.4. The van der Waals surface area contributed by atoms with Crippen molar-refractivity contribution in [2.75, 3.05) is 42.7 Å². The molecule has 1 aliphatic rings. The number of para-hydroxylation sites is 1. The third kappa shape index (κ3) is 12.1. The smallest absolute Gasteiger partial charge is 0.418 e. The van der Waals surface area contributed by atoms with Crippen molar-refractivity contribution in [3.05, 3.63) is 143 Å². The minimum Gasteiger partial charge on any atom is -0.446 e. The molecule has 0 spiro atoms. The minimum absolute atomic E-state index is 0.0191. The fourth-order valence-electron chi connectivity index (χ4n) is 6.22. The summed E-state index contributed by atoms with van der Waals surface area (Å²) in [6.45, 7) is 2.67. The van der Waals surface area contributed by atoms with Gasteiger partial charge in [0.05, 0.1) is 42.0 Å². The third-order valence-electron chi connectivity index (χ3n) is 8.81. The Morgan fingerprint density at radius 3 is 2.28 bits per heavy atom. The first-order valence-corrected chi connectivity index (χ1v) is 20.6. The number of alkyl halides is 3. The predicted molar refractivity (Wildman–Crippen MR) is 218 cm³/mol. The molecule has 1 aliphatic heterocycles. The molecule has 58 heavy (non-hydrogen) atoms. The van der Waals surface area contributed by atoms with E-state index in [1.807, 2.05) is 30.3 Å². The summed E-state index contributed by atoms with van der Waals surface area (Å²) in [5.74, 6) is -1.23. The van der Waals surface area contributed by atoms with E-state index in [2.05, 4.69) is 10.6 Å². The van der Waals surface area contributed by atoms with Crippen LogP contribution in [0.3, 0.4) is 0 Å². The summed E-state index contributed by atoms with van der Waals surface area (Å²) < 4.78 is 70.5. The van der Waals surface area contributed by atoms with Gasteiger partial charge in [0.1, 0.15) is 13.2 Å². The maximum atomic E-state index is 14.4. The zero-order chi connectivity index (χ0) is 41.7. The van der Waals surface area contributed by atoms with Crippen LogP contribution in [0.5, 0.6) is 0 Å². The molecule has 0 radical (unpaired) electrons. The van der Waals surface area contributed by atoms with Gasteiger partial charge in [-0.2, -0.15) is 13.2 Å². The first-order valence-electron chi connectivity index (χ1n) is 18.5. The lowest BCUT2D eigenvalue weighted by molar-refractivity contribution is -0.137. The number of aryl methyl sites for hydroxylation is 1. The van der Waals surface area contributed by atoms with Gasteiger partial charge in [0.15, 0.2) is 6.04 Å². The molecular formula is C42H43ClF3N4O7P. The van der Waals surface area contributed by atoms with Crippen molar-refractivity contribution in [1.29, 1.82) is 0 Å². The van der Waals surface area contributed by atoms with Crippen molar-refractivity contribution in [1.82, 2.24) is 5.32 Å². The molecule has 0 fully saturated rings. The molecule has 306 valence electrons. The Bertz CT molecular complexity index is 2150. The molecule has 3 amide bonds. The molecular weight excluding hydrogens is 796 g/mol. The van der Waals surface area contributed by atoms with Crippen LogP contribution >= 0.6 is 19.2 Å². The number of anilines is 2. The molecule has 4 aromatic carbocycles. The molecule has 4 aromatic rings. The van der Waals surface area contributed by atoms with E-state index in [1.165, 1.54) is 11.0 Å². The number of amides is 3. The second-order valence-electron chi connectivity index (χ2n) is 13.0. The molecule has 11 nitrogen and oxygen atoms in total. The van der Waals surface area contributed by atoms with Crippen LogP contribution in [0.2, 0.25) is 5.02 Å². The molecule has 2 N–H and O–H groups in total. The number of hydrogen-bond acceptors (Lipinski definition) is 8. The first kappa shape index (κ1) is 43.8. The van der Waals surface area contributed by atoms with Crippen molar-refractivity contribution < 1.29 is 45.9 Å². The Morgan fingerprint density at radius 1 is 0.948 bits per heavy atom. The summed E-state index contributed by atoms with van der Waals surface area (Å²) in [4.78, 5) is 47.3. The van der Waals surface area contributed by atoms with Crippen LogP contribution in [0.1, 0.15) is 42.5 Å². The molecule has 16 heteroatoms. The van der Waals surface area contributed by atoms with Crippen molar-refractivity contribution in [3.8, 4) is 0 Å². The summed E-state index contributed by atoms with van der Waals surface area (Å²) in [6, 6.07) is 26.3. The van der Waals surface area contributed by atoms with Gasteiger partial charge in [0.2, 0.25) is 5.91 Å². The van der Waals surface area contributed by atoms with Gasteiger partial charge >= 0.3 is 19.9 Å². The lowest BCUT2D eigenvalue weighted by atomic mass is 10.00. The number of benzene rings is 4. The van der Waals surface area contributed by atoms with Gasteiger partial charge in [-0.05, 0) is 56.5 Å². The monoisotopic (exact) mass is 838 g/mol. The number of nitrogens with zero attached hydrogens (tertiary/aromatic N) is 2. The lowest BCUT2D eigenvalue weighted by Crippen LogP contribution is -2.47. The van der Waals surface area contributed by atoms with Gasteiger partial charge in [-0.25, -0.2) is 4.79 Å². The van der Waals surface area contributed by atoms with E-state index in [9.17, 15) is 32.1 Å². The summed E-state index contributed by atoms with van der Waals surface area (Å²) in [6.07, 6.45) is -1.70. The first-order chi connectivity index (χ1) is 27.8. The van der Waals surface area contributed by atoms with Crippen LogP contribution < -0.4 is 15.5 Å². The van der Waals surface area contributed by atoms with Crippen molar-refractivity contribution in [2.24, 2.45) is 4.99 Å². The molecule has 5 rings (SSSR count). The van der Waals surface area contributed by atoms with Crippen LogP contribution in [0.15, 0.2) is 120 Å². The number of allylic oxidation sites excluding steroid dienone is 1. The van der Waals surface area contributed by atoms with E-state index in [-0.39, 0.29) is 24.4 Å².